The van der Waals surface area contributed by atoms with Gasteiger partial charge in [0.05, 0.1) is 0 Å². The highest BCUT2D eigenvalue weighted by Crippen LogP contribution is 2.24. The van der Waals surface area contributed by atoms with E-state index in [2.05, 4.69) is 37.6 Å². The lowest BCUT2D eigenvalue weighted by atomic mass is 10.1. The fraction of sp³-hybridized carbons (Fsp3) is 0.529. The Morgan fingerprint density at radius 1 is 0.958 bits per heavy atom. The zero-order chi connectivity index (χ0) is 16.4. The molecule has 4 rings (SSSR count). The lowest BCUT2D eigenvalue weighted by molar-refractivity contribution is 0.234. The number of hydrogen-bond acceptors (Lipinski definition) is 7. The number of piperazine rings is 2. The third kappa shape index (κ3) is 3.28. The van der Waals surface area contributed by atoms with Crippen molar-refractivity contribution in [1.29, 1.82) is 0 Å². The largest absolute Gasteiger partial charge is 0.384 e. The second-order valence-electron chi connectivity index (χ2n) is 6.51. The zero-order valence-electron chi connectivity index (χ0n) is 14.0. The van der Waals surface area contributed by atoms with E-state index in [1.165, 1.54) is 5.56 Å². The minimum atomic E-state index is 0.528. The van der Waals surface area contributed by atoms with Crippen LogP contribution in [-0.2, 0) is 6.54 Å². The molecular formula is C17H25N7. The average molecular weight is 327 g/mol. The molecule has 0 radical (unpaired) electrons. The van der Waals surface area contributed by atoms with Crippen LogP contribution in [0.2, 0.25) is 0 Å². The van der Waals surface area contributed by atoms with Crippen LogP contribution in [0.5, 0.6) is 0 Å². The number of rotatable bonds is 3. The molecular weight excluding hydrogens is 302 g/mol. The van der Waals surface area contributed by atoms with Gasteiger partial charge in [0.1, 0.15) is 11.6 Å². The molecule has 2 aromatic heterocycles. The van der Waals surface area contributed by atoms with Gasteiger partial charge in [0.15, 0.2) is 5.65 Å². The van der Waals surface area contributed by atoms with Crippen LogP contribution >= 0.6 is 0 Å². The maximum absolute atomic E-state index is 5.89. The third-order valence-electron chi connectivity index (χ3n) is 4.81. The Kier molecular flexibility index (Phi) is 4.46. The summed E-state index contributed by atoms with van der Waals surface area (Å²) in [5.74, 6) is 1.55. The fourth-order valence-corrected chi connectivity index (χ4v) is 3.47. The SMILES string of the molecule is Nc1ccc2c(CN3CCNCC3)cc(N3CCNCC3)nc2n1. The first kappa shape index (κ1) is 15.6. The summed E-state index contributed by atoms with van der Waals surface area (Å²) in [5.41, 5.74) is 7.95. The molecule has 0 atom stereocenters. The summed E-state index contributed by atoms with van der Waals surface area (Å²) in [5, 5.41) is 7.91. The van der Waals surface area contributed by atoms with Crippen LogP contribution in [0.15, 0.2) is 18.2 Å². The van der Waals surface area contributed by atoms with Crippen molar-refractivity contribution in [2.75, 3.05) is 63.0 Å². The van der Waals surface area contributed by atoms with Crippen molar-refractivity contribution in [3.05, 3.63) is 23.8 Å². The van der Waals surface area contributed by atoms with E-state index in [-0.39, 0.29) is 0 Å². The van der Waals surface area contributed by atoms with Crippen LogP contribution in [0, 0.1) is 0 Å². The highest BCUT2D eigenvalue weighted by molar-refractivity contribution is 5.82. The van der Waals surface area contributed by atoms with Gasteiger partial charge in [0, 0.05) is 64.3 Å². The van der Waals surface area contributed by atoms with E-state index in [4.69, 9.17) is 10.7 Å². The van der Waals surface area contributed by atoms with Gasteiger partial charge in [0.2, 0.25) is 0 Å². The molecule has 2 fully saturated rings. The van der Waals surface area contributed by atoms with Crippen molar-refractivity contribution in [3.8, 4) is 0 Å². The van der Waals surface area contributed by atoms with Gasteiger partial charge in [-0.1, -0.05) is 0 Å². The van der Waals surface area contributed by atoms with Gasteiger partial charge < -0.3 is 21.3 Å². The smallest absolute Gasteiger partial charge is 0.164 e. The average Bonchev–Trinajstić information content (AvgIpc) is 2.63. The zero-order valence-corrected chi connectivity index (χ0v) is 14.0. The van der Waals surface area contributed by atoms with Crippen LogP contribution in [0.4, 0.5) is 11.6 Å². The molecule has 2 saturated heterocycles. The van der Waals surface area contributed by atoms with Gasteiger partial charge in [-0.2, -0.15) is 0 Å². The number of pyridine rings is 2. The summed E-state index contributed by atoms with van der Waals surface area (Å²) in [6.45, 7) is 9.16. The monoisotopic (exact) mass is 327 g/mol. The number of aromatic nitrogens is 2. The van der Waals surface area contributed by atoms with Crippen molar-refractivity contribution in [1.82, 2.24) is 25.5 Å². The van der Waals surface area contributed by atoms with E-state index in [9.17, 15) is 0 Å². The van der Waals surface area contributed by atoms with E-state index in [1.807, 2.05) is 6.07 Å². The van der Waals surface area contributed by atoms with Gasteiger partial charge in [-0.3, -0.25) is 4.90 Å². The molecule has 7 heteroatoms. The van der Waals surface area contributed by atoms with Crippen LogP contribution in [0.3, 0.4) is 0 Å². The molecule has 24 heavy (non-hydrogen) atoms. The molecule has 0 saturated carbocycles. The Labute approximate surface area is 142 Å². The molecule has 4 N–H and O–H groups in total. The number of nitrogens with one attached hydrogen (secondary N) is 2. The highest BCUT2D eigenvalue weighted by Gasteiger charge is 2.17. The Balaban J connectivity index is 1.71. The van der Waals surface area contributed by atoms with Gasteiger partial charge in [-0.05, 0) is 23.8 Å². The summed E-state index contributed by atoms with van der Waals surface area (Å²) < 4.78 is 0. The lowest BCUT2D eigenvalue weighted by Gasteiger charge is -2.30. The van der Waals surface area contributed by atoms with Gasteiger partial charge in [0.25, 0.3) is 0 Å². The number of nitrogen functional groups attached to an aromatic ring is 1. The highest BCUT2D eigenvalue weighted by atomic mass is 15.2. The molecule has 2 aromatic rings. The first-order chi connectivity index (χ1) is 11.8. The summed E-state index contributed by atoms with van der Waals surface area (Å²) >= 11 is 0. The molecule has 7 nitrogen and oxygen atoms in total. The molecule has 0 spiro atoms. The first-order valence-corrected chi connectivity index (χ1v) is 8.74. The molecule has 2 aliphatic heterocycles. The summed E-state index contributed by atoms with van der Waals surface area (Å²) in [6, 6.07) is 6.17. The molecule has 0 aliphatic carbocycles. The van der Waals surface area contributed by atoms with Crippen molar-refractivity contribution in [2.45, 2.75) is 6.54 Å². The predicted molar refractivity (Wildman–Crippen MR) is 97.2 cm³/mol. The lowest BCUT2D eigenvalue weighted by Crippen LogP contribution is -2.44. The number of hydrogen-bond donors (Lipinski definition) is 3. The maximum atomic E-state index is 5.89. The summed E-state index contributed by atoms with van der Waals surface area (Å²) in [6.07, 6.45) is 0. The van der Waals surface area contributed by atoms with Crippen molar-refractivity contribution in [2.24, 2.45) is 0 Å². The Morgan fingerprint density at radius 3 is 2.42 bits per heavy atom. The molecule has 4 heterocycles. The number of nitrogens with two attached hydrogens (primary N) is 1. The minimum Gasteiger partial charge on any atom is -0.384 e. The van der Waals surface area contributed by atoms with Crippen molar-refractivity contribution in [3.63, 3.8) is 0 Å². The third-order valence-corrected chi connectivity index (χ3v) is 4.81. The van der Waals surface area contributed by atoms with Crippen LogP contribution in [-0.4, -0.2) is 67.2 Å². The molecule has 0 unspecified atom stereocenters. The van der Waals surface area contributed by atoms with E-state index < -0.39 is 0 Å². The van der Waals surface area contributed by atoms with E-state index in [0.29, 0.717) is 5.82 Å². The Bertz CT molecular complexity index is 705. The van der Waals surface area contributed by atoms with Crippen molar-refractivity contribution < 1.29 is 0 Å². The first-order valence-electron chi connectivity index (χ1n) is 8.74. The Morgan fingerprint density at radius 2 is 1.67 bits per heavy atom. The van der Waals surface area contributed by atoms with E-state index in [1.54, 1.807) is 0 Å². The van der Waals surface area contributed by atoms with Crippen LogP contribution in [0.1, 0.15) is 5.56 Å². The van der Waals surface area contributed by atoms with Gasteiger partial charge in [-0.25, -0.2) is 9.97 Å². The molecule has 128 valence electrons. The van der Waals surface area contributed by atoms with Crippen LogP contribution in [0.25, 0.3) is 11.0 Å². The fourth-order valence-electron chi connectivity index (χ4n) is 3.47. The normalized spacial score (nSPS) is 19.8. The molecule has 0 bridgehead atoms. The van der Waals surface area contributed by atoms with Gasteiger partial charge in [-0.15, -0.1) is 0 Å². The van der Waals surface area contributed by atoms with Crippen LogP contribution < -0.4 is 21.3 Å². The second-order valence-corrected chi connectivity index (χ2v) is 6.51. The molecule has 0 aromatic carbocycles. The van der Waals surface area contributed by atoms with E-state index in [0.717, 1.165) is 75.8 Å². The van der Waals surface area contributed by atoms with E-state index >= 15 is 0 Å². The molecule has 2 aliphatic rings. The standard InChI is InChI=1S/C17H25N7/c18-15-2-1-14-13(12-23-7-3-19-4-8-23)11-16(22-17(14)21-15)24-9-5-20-6-10-24/h1-2,11,19-20H,3-10,12H2,(H2,18,21,22). The predicted octanol–water partition coefficient (Wildman–Crippen LogP) is 0.0268. The minimum absolute atomic E-state index is 0.528. The number of anilines is 2. The maximum Gasteiger partial charge on any atom is 0.164 e. The summed E-state index contributed by atoms with van der Waals surface area (Å²) in [4.78, 5) is 14.1. The number of fused-ring (bicyclic) bond motifs is 1. The van der Waals surface area contributed by atoms with Crippen molar-refractivity contribution >= 4 is 22.7 Å². The number of nitrogens with zero attached hydrogens (tertiary/aromatic N) is 4. The Hall–Kier alpha value is -1.96. The van der Waals surface area contributed by atoms with Gasteiger partial charge >= 0.3 is 0 Å². The second kappa shape index (κ2) is 6.88. The quantitative estimate of drug-likeness (QED) is 0.733. The molecule has 0 amide bonds. The topological polar surface area (TPSA) is 82.3 Å². The summed E-state index contributed by atoms with van der Waals surface area (Å²) in [7, 11) is 0.